The Morgan fingerprint density at radius 3 is 2.48 bits per heavy atom. The van der Waals surface area contributed by atoms with Gasteiger partial charge in [0.05, 0.1) is 23.5 Å². The number of nitrogens with zero attached hydrogens (tertiary/aromatic N) is 2. The standard InChI is InChI=1S/C21H23F3N2O/c1-14(2)26-7-5-20(6-8-26)18-10-15(13-25)3-4-17(18)9-16(11-19(20)27)12-21(22,23)24/h3-4,10-11,14H,5-9,12H2,1-2H3. The molecule has 1 aromatic carbocycles. The second-order valence-electron chi connectivity index (χ2n) is 7.83. The van der Waals surface area contributed by atoms with Gasteiger partial charge in [-0.25, -0.2) is 0 Å². The summed E-state index contributed by atoms with van der Waals surface area (Å²) in [4.78, 5) is 15.5. The first-order valence-electron chi connectivity index (χ1n) is 9.23. The third-order valence-electron chi connectivity index (χ3n) is 5.79. The van der Waals surface area contributed by atoms with Gasteiger partial charge in [0.25, 0.3) is 0 Å². The van der Waals surface area contributed by atoms with Gasteiger partial charge in [-0.1, -0.05) is 11.6 Å². The predicted molar refractivity (Wildman–Crippen MR) is 96.2 cm³/mol. The molecule has 1 aliphatic heterocycles. The van der Waals surface area contributed by atoms with Crippen molar-refractivity contribution in [2.24, 2.45) is 0 Å². The maximum absolute atomic E-state index is 13.2. The van der Waals surface area contributed by atoms with Gasteiger partial charge in [-0.3, -0.25) is 4.79 Å². The molecule has 27 heavy (non-hydrogen) atoms. The minimum absolute atomic E-state index is 0.0987. The number of likely N-dealkylation sites (tertiary alicyclic amines) is 1. The van der Waals surface area contributed by atoms with Gasteiger partial charge in [-0.2, -0.15) is 18.4 Å². The molecule has 0 amide bonds. The Labute approximate surface area is 157 Å². The average molecular weight is 376 g/mol. The number of alkyl halides is 3. The molecule has 1 saturated heterocycles. The normalized spacial score (nSPS) is 20.2. The van der Waals surface area contributed by atoms with Crippen LogP contribution in [-0.2, 0) is 16.6 Å². The highest BCUT2D eigenvalue weighted by molar-refractivity contribution is 6.00. The van der Waals surface area contributed by atoms with E-state index in [1.807, 2.05) is 0 Å². The van der Waals surface area contributed by atoms with Crippen molar-refractivity contribution in [1.29, 1.82) is 5.26 Å². The molecule has 0 atom stereocenters. The van der Waals surface area contributed by atoms with Crippen LogP contribution in [-0.4, -0.2) is 36.0 Å². The van der Waals surface area contributed by atoms with Crippen LogP contribution in [0.4, 0.5) is 13.2 Å². The van der Waals surface area contributed by atoms with Crippen molar-refractivity contribution >= 4 is 5.78 Å². The van der Waals surface area contributed by atoms with Crippen LogP contribution >= 0.6 is 0 Å². The Kier molecular flexibility index (Phi) is 5.18. The number of allylic oxidation sites excluding steroid dienone is 2. The molecule has 0 radical (unpaired) electrons. The molecular weight excluding hydrogens is 353 g/mol. The minimum atomic E-state index is -4.35. The molecule has 3 nitrogen and oxygen atoms in total. The molecule has 0 bridgehead atoms. The number of halogens is 3. The van der Waals surface area contributed by atoms with E-state index in [1.165, 1.54) is 6.08 Å². The molecule has 6 heteroatoms. The van der Waals surface area contributed by atoms with E-state index in [2.05, 4.69) is 24.8 Å². The Morgan fingerprint density at radius 1 is 1.26 bits per heavy atom. The number of benzene rings is 1. The van der Waals surface area contributed by atoms with E-state index in [1.54, 1.807) is 18.2 Å². The van der Waals surface area contributed by atoms with Crippen molar-refractivity contribution in [3.8, 4) is 6.07 Å². The van der Waals surface area contributed by atoms with Crippen molar-refractivity contribution in [3.05, 3.63) is 46.5 Å². The zero-order valence-corrected chi connectivity index (χ0v) is 15.6. The zero-order valence-electron chi connectivity index (χ0n) is 15.6. The largest absolute Gasteiger partial charge is 0.392 e. The maximum atomic E-state index is 13.2. The van der Waals surface area contributed by atoms with Crippen molar-refractivity contribution < 1.29 is 18.0 Å². The van der Waals surface area contributed by atoms with E-state index in [-0.39, 0.29) is 17.8 Å². The summed E-state index contributed by atoms with van der Waals surface area (Å²) in [6, 6.07) is 7.49. The summed E-state index contributed by atoms with van der Waals surface area (Å²) in [5, 5.41) is 9.28. The number of carbonyl (C=O) groups excluding carboxylic acids is 1. The van der Waals surface area contributed by atoms with Crippen LogP contribution < -0.4 is 0 Å². The average Bonchev–Trinajstić information content (AvgIpc) is 2.69. The first-order chi connectivity index (χ1) is 12.6. The van der Waals surface area contributed by atoms with Gasteiger partial charge in [0.1, 0.15) is 0 Å². The lowest BCUT2D eigenvalue weighted by Gasteiger charge is -2.42. The zero-order chi connectivity index (χ0) is 19.8. The monoisotopic (exact) mass is 376 g/mol. The third-order valence-corrected chi connectivity index (χ3v) is 5.79. The maximum Gasteiger partial charge on any atom is 0.392 e. The van der Waals surface area contributed by atoms with Crippen LogP contribution in [0.2, 0.25) is 0 Å². The van der Waals surface area contributed by atoms with Gasteiger partial charge in [-0.15, -0.1) is 0 Å². The van der Waals surface area contributed by atoms with Crippen LogP contribution in [0.5, 0.6) is 0 Å². The van der Waals surface area contributed by atoms with Crippen molar-refractivity contribution in [3.63, 3.8) is 0 Å². The molecule has 1 fully saturated rings. The van der Waals surface area contributed by atoms with Crippen LogP contribution in [0.15, 0.2) is 29.8 Å². The van der Waals surface area contributed by atoms with Crippen molar-refractivity contribution in [2.75, 3.05) is 13.1 Å². The molecule has 0 N–H and O–H groups in total. The summed E-state index contributed by atoms with van der Waals surface area (Å²) < 4.78 is 38.9. The lowest BCUT2D eigenvalue weighted by atomic mass is 9.68. The van der Waals surface area contributed by atoms with Crippen LogP contribution in [0.25, 0.3) is 0 Å². The van der Waals surface area contributed by atoms with E-state index in [0.717, 1.165) is 11.1 Å². The fourth-order valence-electron chi connectivity index (χ4n) is 4.31. The highest BCUT2D eigenvalue weighted by Crippen LogP contribution is 2.43. The lowest BCUT2D eigenvalue weighted by molar-refractivity contribution is -0.127. The molecule has 1 heterocycles. The molecule has 144 valence electrons. The van der Waals surface area contributed by atoms with Gasteiger partial charge in [0, 0.05) is 6.04 Å². The van der Waals surface area contributed by atoms with Gasteiger partial charge >= 0.3 is 6.18 Å². The highest BCUT2D eigenvalue weighted by atomic mass is 19.4. The number of ketones is 1. The number of hydrogen-bond acceptors (Lipinski definition) is 3. The van der Waals surface area contributed by atoms with E-state index >= 15 is 0 Å². The Hall–Kier alpha value is -2.13. The smallest absolute Gasteiger partial charge is 0.301 e. The van der Waals surface area contributed by atoms with Crippen molar-refractivity contribution in [1.82, 2.24) is 4.90 Å². The SMILES string of the molecule is CC(C)N1CCC2(CC1)C(=O)C=C(CC(F)(F)F)Cc1ccc(C#N)cc12. The van der Waals surface area contributed by atoms with E-state index in [9.17, 15) is 23.2 Å². The summed E-state index contributed by atoms with van der Waals surface area (Å²) in [7, 11) is 0. The minimum Gasteiger partial charge on any atom is -0.301 e. The predicted octanol–water partition coefficient (Wildman–Crippen LogP) is 4.30. The van der Waals surface area contributed by atoms with E-state index in [4.69, 9.17) is 0 Å². The first-order valence-corrected chi connectivity index (χ1v) is 9.23. The van der Waals surface area contributed by atoms with Gasteiger partial charge in [-0.05, 0) is 75.5 Å². The van der Waals surface area contributed by atoms with Crippen LogP contribution in [0.3, 0.4) is 0 Å². The lowest BCUT2D eigenvalue weighted by Crippen LogP contribution is -2.48. The molecule has 2 aliphatic rings. The Balaban J connectivity index is 2.07. The third kappa shape index (κ3) is 3.93. The van der Waals surface area contributed by atoms with Gasteiger partial charge in [0.2, 0.25) is 0 Å². The molecule has 0 aromatic heterocycles. The summed E-state index contributed by atoms with van der Waals surface area (Å²) >= 11 is 0. The number of hydrogen-bond donors (Lipinski definition) is 0. The number of fused-ring (bicyclic) bond motifs is 2. The number of carbonyl (C=O) groups is 1. The second-order valence-corrected chi connectivity index (χ2v) is 7.83. The van der Waals surface area contributed by atoms with E-state index < -0.39 is 18.0 Å². The fraction of sp³-hybridized carbons (Fsp3) is 0.524. The molecule has 3 rings (SSSR count). The molecule has 1 aromatic rings. The Morgan fingerprint density at radius 2 is 1.93 bits per heavy atom. The van der Waals surface area contributed by atoms with Crippen molar-refractivity contribution in [2.45, 2.75) is 57.2 Å². The first kappa shape index (κ1) is 19.6. The second kappa shape index (κ2) is 7.12. The fourth-order valence-corrected chi connectivity index (χ4v) is 4.31. The quantitative estimate of drug-likeness (QED) is 0.773. The molecule has 1 spiro atoms. The Bertz CT molecular complexity index is 810. The van der Waals surface area contributed by atoms with E-state index in [0.29, 0.717) is 37.5 Å². The number of rotatable bonds is 2. The molecule has 1 aliphatic carbocycles. The van der Waals surface area contributed by atoms with Gasteiger partial charge < -0.3 is 4.90 Å². The topological polar surface area (TPSA) is 44.1 Å². The molecule has 0 saturated carbocycles. The van der Waals surface area contributed by atoms with Gasteiger partial charge in [0.15, 0.2) is 5.78 Å². The highest BCUT2D eigenvalue weighted by Gasteiger charge is 2.45. The molecular formula is C21H23F3N2O. The summed E-state index contributed by atoms with van der Waals surface area (Å²) in [5.41, 5.74) is 1.17. The molecule has 0 unspecified atom stereocenters. The van der Waals surface area contributed by atoms with Crippen LogP contribution in [0, 0.1) is 11.3 Å². The number of nitriles is 1. The number of piperidine rings is 1. The summed E-state index contributed by atoms with van der Waals surface area (Å²) in [6.07, 6.45) is -2.99. The summed E-state index contributed by atoms with van der Waals surface area (Å²) in [6.45, 7) is 5.61. The van der Waals surface area contributed by atoms with Crippen LogP contribution in [0.1, 0.15) is 49.8 Å². The summed E-state index contributed by atoms with van der Waals surface area (Å²) in [5.74, 6) is -0.251.